The highest BCUT2D eigenvalue weighted by Gasteiger charge is 2.36. The predicted molar refractivity (Wildman–Crippen MR) is 101 cm³/mol. The van der Waals surface area contributed by atoms with E-state index in [1.54, 1.807) is 11.0 Å². The van der Waals surface area contributed by atoms with Crippen LogP contribution >= 0.6 is 15.9 Å². The lowest BCUT2D eigenvalue weighted by Gasteiger charge is -2.18. The van der Waals surface area contributed by atoms with Crippen molar-refractivity contribution >= 4 is 39.1 Å². The highest BCUT2D eigenvalue weighted by molar-refractivity contribution is 9.10. The lowest BCUT2D eigenvalue weighted by Crippen LogP contribution is -2.28. The number of anilines is 2. The van der Waals surface area contributed by atoms with Crippen molar-refractivity contribution in [2.75, 3.05) is 23.4 Å². The molecule has 2 aromatic carbocycles. The van der Waals surface area contributed by atoms with E-state index in [9.17, 15) is 9.59 Å². The molecule has 1 atom stereocenters. The molecule has 6 heteroatoms. The second-order valence-electron chi connectivity index (χ2n) is 5.78. The van der Waals surface area contributed by atoms with Gasteiger partial charge < -0.3 is 15.0 Å². The first-order valence-corrected chi connectivity index (χ1v) is 8.97. The highest BCUT2D eigenvalue weighted by Crippen LogP contribution is 2.32. The number of para-hydroxylation sites is 3. The maximum atomic E-state index is 12.6. The van der Waals surface area contributed by atoms with Gasteiger partial charge in [-0.05, 0) is 47.1 Å². The number of carbonyl (C=O) groups is 2. The average molecular weight is 403 g/mol. The number of hydrogen-bond acceptors (Lipinski definition) is 3. The van der Waals surface area contributed by atoms with Gasteiger partial charge in [0.25, 0.3) is 0 Å². The minimum atomic E-state index is -0.394. The molecule has 1 saturated heterocycles. The molecule has 2 aromatic rings. The number of halogens is 1. The molecule has 0 radical (unpaired) electrons. The average Bonchev–Trinajstić information content (AvgIpc) is 2.99. The van der Waals surface area contributed by atoms with Crippen LogP contribution in [0.1, 0.15) is 13.3 Å². The van der Waals surface area contributed by atoms with Gasteiger partial charge in [-0.25, -0.2) is 0 Å². The molecular formula is C19H19BrN2O3. The van der Waals surface area contributed by atoms with Gasteiger partial charge >= 0.3 is 0 Å². The van der Waals surface area contributed by atoms with Crippen molar-refractivity contribution in [2.45, 2.75) is 13.3 Å². The molecule has 1 aliphatic rings. The van der Waals surface area contributed by atoms with Crippen LogP contribution in [0.15, 0.2) is 53.0 Å². The van der Waals surface area contributed by atoms with Crippen LogP contribution in [0.2, 0.25) is 0 Å². The maximum absolute atomic E-state index is 12.6. The second-order valence-corrected chi connectivity index (χ2v) is 6.63. The second kappa shape index (κ2) is 7.70. The fourth-order valence-corrected chi connectivity index (χ4v) is 3.37. The molecule has 0 aromatic heterocycles. The third-order valence-corrected chi connectivity index (χ3v) is 4.75. The number of nitrogens with zero attached hydrogens (tertiary/aromatic N) is 1. The number of ether oxygens (including phenoxy) is 1. The van der Waals surface area contributed by atoms with Gasteiger partial charge in [-0.3, -0.25) is 9.59 Å². The Kier molecular flexibility index (Phi) is 5.38. The van der Waals surface area contributed by atoms with Crippen molar-refractivity contribution in [2.24, 2.45) is 5.92 Å². The molecule has 0 aliphatic carbocycles. The molecule has 1 heterocycles. The van der Waals surface area contributed by atoms with Gasteiger partial charge in [0.05, 0.1) is 23.9 Å². The molecule has 1 unspecified atom stereocenters. The molecule has 1 N–H and O–H groups in total. The van der Waals surface area contributed by atoms with Crippen molar-refractivity contribution in [1.29, 1.82) is 0 Å². The standard InChI is InChI=1S/C19H19BrN2O3/c1-2-25-17-10-6-4-8-15(17)21-19(24)13-11-18(23)22(12-13)16-9-5-3-7-14(16)20/h3-10,13H,2,11-12H2,1H3,(H,21,24). The van der Waals surface area contributed by atoms with E-state index in [4.69, 9.17) is 4.74 Å². The minimum absolute atomic E-state index is 0.0508. The molecule has 1 aliphatic heterocycles. The van der Waals surface area contributed by atoms with Crippen LogP contribution in [0.5, 0.6) is 5.75 Å². The van der Waals surface area contributed by atoms with E-state index in [-0.39, 0.29) is 18.2 Å². The zero-order chi connectivity index (χ0) is 17.8. The van der Waals surface area contributed by atoms with Crippen LogP contribution in [-0.2, 0) is 9.59 Å². The zero-order valence-electron chi connectivity index (χ0n) is 13.9. The summed E-state index contributed by atoms with van der Waals surface area (Å²) in [6.07, 6.45) is 0.198. The Balaban J connectivity index is 1.72. The van der Waals surface area contributed by atoms with E-state index < -0.39 is 5.92 Å². The molecule has 0 saturated carbocycles. The van der Waals surface area contributed by atoms with Gasteiger partial charge in [-0.1, -0.05) is 24.3 Å². The number of amides is 2. The maximum Gasteiger partial charge on any atom is 0.229 e. The van der Waals surface area contributed by atoms with Crippen LogP contribution in [0, 0.1) is 5.92 Å². The van der Waals surface area contributed by atoms with Crippen LogP contribution in [-0.4, -0.2) is 25.0 Å². The number of hydrogen-bond donors (Lipinski definition) is 1. The third kappa shape index (κ3) is 3.85. The summed E-state index contributed by atoms with van der Waals surface area (Å²) < 4.78 is 6.37. The van der Waals surface area contributed by atoms with Gasteiger partial charge in [-0.15, -0.1) is 0 Å². The molecular weight excluding hydrogens is 384 g/mol. The SMILES string of the molecule is CCOc1ccccc1NC(=O)C1CC(=O)N(c2ccccc2Br)C1. The fourth-order valence-electron chi connectivity index (χ4n) is 2.87. The summed E-state index contributed by atoms with van der Waals surface area (Å²) in [5.74, 6) is 0.0137. The summed E-state index contributed by atoms with van der Waals surface area (Å²) in [5, 5.41) is 2.89. The normalized spacial score (nSPS) is 16.8. The van der Waals surface area contributed by atoms with Crippen LogP contribution in [0.4, 0.5) is 11.4 Å². The monoisotopic (exact) mass is 402 g/mol. The van der Waals surface area contributed by atoms with Gasteiger partial charge in [0, 0.05) is 17.4 Å². The lowest BCUT2D eigenvalue weighted by atomic mass is 10.1. The van der Waals surface area contributed by atoms with Crippen LogP contribution in [0.25, 0.3) is 0 Å². The van der Waals surface area contributed by atoms with E-state index >= 15 is 0 Å². The molecule has 5 nitrogen and oxygen atoms in total. The van der Waals surface area contributed by atoms with Gasteiger partial charge in [0.15, 0.2) is 0 Å². The highest BCUT2D eigenvalue weighted by atomic mass is 79.9. The van der Waals surface area contributed by atoms with E-state index in [1.807, 2.05) is 49.4 Å². The predicted octanol–water partition coefficient (Wildman–Crippen LogP) is 3.84. The van der Waals surface area contributed by atoms with Crippen molar-refractivity contribution in [3.05, 3.63) is 53.0 Å². The molecule has 3 rings (SSSR count). The Bertz CT molecular complexity index is 794. The van der Waals surface area contributed by atoms with Crippen molar-refractivity contribution in [1.82, 2.24) is 0 Å². The minimum Gasteiger partial charge on any atom is -0.492 e. The first-order chi connectivity index (χ1) is 12.1. The number of rotatable bonds is 5. The number of carbonyl (C=O) groups excluding carboxylic acids is 2. The van der Waals surface area contributed by atoms with Gasteiger partial charge in [-0.2, -0.15) is 0 Å². The number of nitrogens with one attached hydrogen (secondary N) is 1. The molecule has 25 heavy (non-hydrogen) atoms. The Morgan fingerprint density at radius 2 is 1.96 bits per heavy atom. The van der Waals surface area contributed by atoms with Crippen molar-refractivity contribution in [3.63, 3.8) is 0 Å². The van der Waals surface area contributed by atoms with Gasteiger partial charge in [0.2, 0.25) is 11.8 Å². The van der Waals surface area contributed by atoms with E-state index in [0.717, 1.165) is 10.2 Å². The topological polar surface area (TPSA) is 58.6 Å². The molecule has 0 bridgehead atoms. The summed E-state index contributed by atoms with van der Waals surface area (Å²) >= 11 is 3.46. The van der Waals surface area contributed by atoms with Gasteiger partial charge in [0.1, 0.15) is 5.75 Å². The van der Waals surface area contributed by atoms with Crippen molar-refractivity contribution < 1.29 is 14.3 Å². The van der Waals surface area contributed by atoms with E-state index in [0.29, 0.717) is 24.6 Å². The summed E-state index contributed by atoms with van der Waals surface area (Å²) in [5.41, 5.74) is 1.42. The summed E-state index contributed by atoms with van der Waals surface area (Å²) in [6, 6.07) is 14.8. The van der Waals surface area contributed by atoms with E-state index in [2.05, 4.69) is 21.2 Å². The van der Waals surface area contributed by atoms with Crippen LogP contribution < -0.4 is 15.0 Å². The molecule has 2 amide bonds. The van der Waals surface area contributed by atoms with Crippen molar-refractivity contribution in [3.8, 4) is 5.75 Å². The smallest absolute Gasteiger partial charge is 0.229 e. The van der Waals surface area contributed by atoms with E-state index in [1.165, 1.54) is 0 Å². The third-order valence-electron chi connectivity index (χ3n) is 4.08. The number of benzene rings is 2. The largest absolute Gasteiger partial charge is 0.492 e. The van der Waals surface area contributed by atoms with Crippen LogP contribution in [0.3, 0.4) is 0 Å². The Hall–Kier alpha value is -2.34. The summed E-state index contributed by atoms with van der Waals surface area (Å²) in [7, 11) is 0. The summed E-state index contributed by atoms with van der Waals surface area (Å²) in [4.78, 5) is 26.6. The fraction of sp³-hybridized carbons (Fsp3) is 0.263. The molecule has 130 valence electrons. The molecule has 0 spiro atoms. The Morgan fingerprint density at radius 3 is 2.72 bits per heavy atom. The first kappa shape index (κ1) is 17.5. The summed E-state index contributed by atoms with van der Waals surface area (Å²) in [6.45, 7) is 2.78. The Morgan fingerprint density at radius 1 is 1.24 bits per heavy atom. The lowest BCUT2D eigenvalue weighted by molar-refractivity contribution is -0.122. The molecule has 1 fully saturated rings. The quantitative estimate of drug-likeness (QED) is 0.826. The Labute approximate surface area is 155 Å². The first-order valence-electron chi connectivity index (χ1n) is 8.17. The zero-order valence-corrected chi connectivity index (χ0v) is 15.5.